The number of hydrogen-bond acceptors (Lipinski definition) is 4. The van der Waals surface area contributed by atoms with Gasteiger partial charge < -0.3 is 4.74 Å². The Morgan fingerprint density at radius 2 is 2.13 bits per heavy atom. The molecule has 0 fully saturated rings. The Labute approximate surface area is 141 Å². The molecule has 0 saturated carbocycles. The first-order chi connectivity index (χ1) is 11.2. The van der Waals surface area contributed by atoms with Crippen molar-refractivity contribution < 1.29 is 9.53 Å². The number of halogens is 1. The van der Waals surface area contributed by atoms with Gasteiger partial charge in [-0.2, -0.15) is 0 Å². The van der Waals surface area contributed by atoms with E-state index in [0.717, 1.165) is 37.3 Å². The van der Waals surface area contributed by atoms with Gasteiger partial charge in [-0.05, 0) is 24.1 Å². The smallest absolute Gasteiger partial charge is 0.341 e. The van der Waals surface area contributed by atoms with Gasteiger partial charge in [-0.1, -0.05) is 41.9 Å². The predicted molar refractivity (Wildman–Crippen MR) is 89.5 cm³/mol. The van der Waals surface area contributed by atoms with Crippen LogP contribution in [0, 0.1) is 0 Å². The van der Waals surface area contributed by atoms with E-state index in [0.29, 0.717) is 12.2 Å². The Morgan fingerprint density at radius 3 is 2.87 bits per heavy atom. The molecule has 1 aromatic heterocycles. The molecule has 0 radical (unpaired) electrons. The molecule has 120 valence electrons. The quantitative estimate of drug-likeness (QED) is 0.636. The fourth-order valence-corrected chi connectivity index (χ4v) is 3.07. The maximum atomic E-state index is 12.0. The van der Waals surface area contributed by atoms with Crippen molar-refractivity contribution in [3.8, 4) is 0 Å². The maximum Gasteiger partial charge on any atom is 0.341 e. The summed E-state index contributed by atoms with van der Waals surface area (Å²) < 4.78 is 5.05. The minimum Gasteiger partial charge on any atom is -0.462 e. The normalized spacial score (nSPS) is 14.3. The lowest BCUT2D eigenvalue weighted by atomic mass is 10.0. The van der Waals surface area contributed by atoms with Crippen LogP contribution in [0.3, 0.4) is 0 Å². The van der Waals surface area contributed by atoms with Crippen molar-refractivity contribution in [1.29, 1.82) is 0 Å². The molecule has 4 nitrogen and oxygen atoms in total. The van der Waals surface area contributed by atoms with Gasteiger partial charge in [-0.3, -0.25) is 4.90 Å². The molecular weight excluding hydrogens is 312 g/mol. The molecule has 0 N–H and O–H groups in total. The van der Waals surface area contributed by atoms with Gasteiger partial charge in [0, 0.05) is 31.7 Å². The highest BCUT2D eigenvalue weighted by Crippen LogP contribution is 2.24. The molecule has 5 heteroatoms. The van der Waals surface area contributed by atoms with E-state index in [-0.39, 0.29) is 5.15 Å². The number of ether oxygens (including phenoxy) is 1. The number of esters is 1. The van der Waals surface area contributed by atoms with Gasteiger partial charge >= 0.3 is 5.97 Å². The fourth-order valence-electron chi connectivity index (χ4n) is 2.83. The second-order valence-electron chi connectivity index (χ2n) is 5.60. The number of carbonyl (C=O) groups is 1. The standard InChI is InChI=1S/C18H19ClN2O2/c1-2-23-18(22)15-10-14-12-21(9-8-16(14)20-17(15)19)11-13-6-4-3-5-7-13/h3-7,10H,2,8-9,11-12H2,1H3. The molecule has 3 rings (SSSR count). The minimum atomic E-state index is -0.409. The molecule has 2 heterocycles. The van der Waals surface area contributed by atoms with E-state index in [1.807, 2.05) is 24.3 Å². The van der Waals surface area contributed by atoms with Gasteiger partial charge in [0.15, 0.2) is 0 Å². The van der Waals surface area contributed by atoms with E-state index >= 15 is 0 Å². The third-order valence-corrected chi connectivity index (χ3v) is 4.24. The van der Waals surface area contributed by atoms with Crippen molar-refractivity contribution in [2.45, 2.75) is 26.4 Å². The van der Waals surface area contributed by atoms with E-state index in [2.05, 4.69) is 22.0 Å². The third kappa shape index (κ3) is 3.71. The van der Waals surface area contributed by atoms with Crippen LogP contribution in [0.25, 0.3) is 0 Å². The molecule has 0 aliphatic carbocycles. The van der Waals surface area contributed by atoms with Gasteiger partial charge in [-0.15, -0.1) is 0 Å². The van der Waals surface area contributed by atoms with Crippen LogP contribution in [0.4, 0.5) is 0 Å². The SMILES string of the molecule is CCOC(=O)c1cc2c(nc1Cl)CCN(Cc1ccccc1)C2. The average molecular weight is 331 g/mol. The molecule has 0 unspecified atom stereocenters. The molecule has 0 saturated heterocycles. The van der Waals surface area contributed by atoms with E-state index in [9.17, 15) is 4.79 Å². The summed E-state index contributed by atoms with van der Waals surface area (Å²) in [6.45, 7) is 4.69. The Balaban J connectivity index is 1.79. The summed E-state index contributed by atoms with van der Waals surface area (Å²) in [5, 5.41) is 0.235. The number of carbonyl (C=O) groups excluding carboxylic acids is 1. The first kappa shape index (κ1) is 16.0. The van der Waals surface area contributed by atoms with Gasteiger partial charge in [0.2, 0.25) is 0 Å². The van der Waals surface area contributed by atoms with Crippen molar-refractivity contribution in [2.75, 3.05) is 13.2 Å². The molecule has 0 bridgehead atoms. The van der Waals surface area contributed by atoms with Gasteiger partial charge in [0.25, 0.3) is 0 Å². The van der Waals surface area contributed by atoms with Crippen LogP contribution in [0.1, 0.15) is 34.1 Å². The van der Waals surface area contributed by atoms with Crippen LogP contribution in [-0.2, 0) is 24.2 Å². The molecule has 0 amide bonds. The van der Waals surface area contributed by atoms with E-state index < -0.39 is 5.97 Å². The number of hydrogen-bond donors (Lipinski definition) is 0. The second kappa shape index (κ2) is 7.11. The largest absolute Gasteiger partial charge is 0.462 e. The first-order valence-electron chi connectivity index (χ1n) is 7.79. The van der Waals surface area contributed by atoms with E-state index in [1.54, 1.807) is 6.92 Å². The van der Waals surface area contributed by atoms with Gasteiger partial charge in [0.1, 0.15) is 5.15 Å². The Morgan fingerprint density at radius 1 is 1.35 bits per heavy atom. The number of rotatable bonds is 4. The molecule has 1 aromatic carbocycles. The summed E-state index contributed by atoms with van der Waals surface area (Å²) in [5.41, 5.74) is 3.67. The molecule has 0 spiro atoms. The predicted octanol–water partition coefficient (Wildman–Crippen LogP) is 3.47. The zero-order valence-electron chi connectivity index (χ0n) is 13.1. The number of pyridine rings is 1. The van der Waals surface area contributed by atoms with Crippen LogP contribution in [0.2, 0.25) is 5.15 Å². The Kier molecular flexibility index (Phi) is 4.94. The first-order valence-corrected chi connectivity index (χ1v) is 8.17. The van der Waals surface area contributed by atoms with Crippen LogP contribution in [0.15, 0.2) is 36.4 Å². The number of nitrogens with zero attached hydrogens (tertiary/aromatic N) is 2. The molecule has 1 aliphatic rings. The molecule has 23 heavy (non-hydrogen) atoms. The summed E-state index contributed by atoms with van der Waals surface area (Å²) >= 11 is 6.13. The highest BCUT2D eigenvalue weighted by Gasteiger charge is 2.22. The fraction of sp³-hybridized carbons (Fsp3) is 0.333. The number of benzene rings is 1. The summed E-state index contributed by atoms with van der Waals surface area (Å²) in [6.07, 6.45) is 0.838. The minimum absolute atomic E-state index is 0.235. The lowest BCUT2D eigenvalue weighted by molar-refractivity contribution is 0.0525. The average Bonchev–Trinajstić information content (AvgIpc) is 2.55. The summed E-state index contributed by atoms with van der Waals surface area (Å²) in [7, 11) is 0. The zero-order valence-corrected chi connectivity index (χ0v) is 13.8. The van der Waals surface area contributed by atoms with E-state index in [1.165, 1.54) is 5.56 Å². The van der Waals surface area contributed by atoms with Crippen molar-refractivity contribution >= 4 is 17.6 Å². The maximum absolute atomic E-state index is 12.0. The van der Waals surface area contributed by atoms with Crippen molar-refractivity contribution in [1.82, 2.24) is 9.88 Å². The lowest BCUT2D eigenvalue weighted by Gasteiger charge is -2.28. The molecular formula is C18H19ClN2O2. The Hall–Kier alpha value is -1.91. The van der Waals surface area contributed by atoms with Crippen LogP contribution in [0.5, 0.6) is 0 Å². The summed E-state index contributed by atoms with van der Waals surface area (Å²) in [5.74, 6) is -0.409. The number of fused-ring (bicyclic) bond motifs is 1. The topological polar surface area (TPSA) is 42.4 Å². The highest BCUT2D eigenvalue weighted by molar-refractivity contribution is 6.32. The zero-order chi connectivity index (χ0) is 16.2. The molecule has 2 aromatic rings. The van der Waals surface area contributed by atoms with Crippen molar-refractivity contribution in [2.24, 2.45) is 0 Å². The summed E-state index contributed by atoms with van der Waals surface area (Å²) in [4.78, 5) is 18.7. The van der Waals surface area contributed by atoms with Crippen LogP contribution < -0.4 is 0 Å². The van der Waals surface area contributed by atoms with Crippen LogP contribution in [-0.4, -0.2) is 29.0 Å². The number of aromatic nitrogens is 1. The molecule has 1 aliphatic heterocycles. The molecule has 0 atom stereocenters. The van der Waals surface area contributed by atoms with Crippen molar-refractivity contribution in [3.63, 3.8) is 0 Å². The Bertz CT molecular complexity index is 704. The third-order valence-electron chi connectivity index (χ3n) is 3.95. The van der Waals surface area contributed by atoms with Crippen LogP contribution >= 0.6 is 11.6 Å². The monoisotopic (exact) mass is 330 g/mol. The van der Waals surface area contributed by atoms with E-state index in [4.69, 9.17) is 16.3 Å². The highest BCUT2D eigenvalue weighted by atomic mass is 35.5. The summed E-state index contributed by atoms with van der Waals surface area (Å²) in [6, 6.07) is 12.2. The van der Waals surface area contributed by atoms with Gasteiger partial charge in [-0.25, -0.2) is 9.78 Å². The lowest BCUT2D eigenvalue weighted by Crippen LogP contribution is -2.31. The second-order valence-corrected chi connectivity index (χ2v) is 5.96. The van der Waals surface area contributed by atoms with Crippen molar-refractivity contribution in [3.05, 3.63) is 63.9 Å². The van der Waals surface area contributed by atoms with Gasteiger partial charge in [0.05, 0.1) is 12.2 Å².